The molecule has 1 aromatic carbocycles. The lowest BCUT2D eigenvalue weighted by molar-refractivity contribution is -0.146. The minimum absolute atomic E-state index is 0.329. The zero-order chi connectivity index (χ0) is 14.8. The Labute approximate surface area is 118 Å². The highest BCUT2D eigenvalue weighted by molar-refractivity contribution is 6.33. The Bertz CT molecular complexity index is 495. The molecule has 0 spiro atoms. The number of aliphatic carboxylic acids is 1. The summed E-state index contributed by atoms with van der Waals surface area (Å²) >= 11 is 6.23. The lowest BCUT2D eigenvalue weighted by Gasteiger charge is -2.22. The molecule has 0 aromatic heterocycles. The third-order valence-electron chi connectivity index (χ3n) is 3.06. The van der Waals surface area contributed by atoms with Crippen LogP contribution in [0.1, 0.15) is 25.0 Å². The predicted molar refractivity (Wildman–Crippen MR) is 74.4 cm³/mol. The number of ether oxygens (including phenoxy) is 2. The molecule has 0 amide bonds. The SMILES string of the molecule is COc1c(C)cc(CC(C)(C)C(=O)O)c(OC)c1Cl. The third-order valence-corrected chi connectivity index (χ3v) is 3.40. The second-order valence-corrected chi connectivity index (χ2v) is 5.48. The van der Waals surface area contributed by atoms with Crippen molar-refractivity contribution in [1.29, 1.82) is 0 Å². The number of hydrogen-bond acceptors (Lipinski definition) is 3. The number of methoxy groups -OCH3 is 2. The molecule has 0 heterocycles. The highest BCUT2D eigenvalue weighted by atomic mass is 35.5. The molecule has 4 nitrogen and oxygen atoms in total. The van der Waals surface area contributed by atoms with E-state index in [0.29, 0.717) is 22.9 Å². The van der Waals surface area contributed by atoms with Gasteiger partial charge in [-0.1, -0.05) is 11.6 Å². The predicted octanol–water partition coefficient (Wildman–Crippen LogP) is 3.32. The van der Waals surface area contributed by atoms with Gasteiger partial charge in [-0.2, -0.15) is 0 Å². The van der Waals surface area contributed by atoms with E-state index in [1.807, 2.05) is 13.0 Å². The maximum Gasteiger partial charge on any atom is 0.309 e. The minimum atomic E-state index is -0.891. The van der Waals surface area contributed by atoms with Crippen LogP contribution in [0.2, 0.25) is 5.02 Å². The summed E-state index contributed by atoms with van der Waals surface area (Å²) in [5.41, 5.74) is 0.722. The summed E-state index contributed by atoms with van der Waals surface area (Å²) in [5.74, 6) is 0.160. The maximum atomic E-state index is 11.2. The van der Waals surface area contributed by atoms with Crippen LogP contribution in [0, 0.1) is 12.3 Å². The van der Waals surface area contributed by atoms with E-state index >= 15 is 0 Å². The van der Waals surface area contributed by atoms with Crippen LogP contribution in [0.3, 0.4) is 0 Å². The first-order valence-electron chi connectivity index (χ1n) is 5.88. The summed E-state index contributed by atoms with van der Waals surface area (Å²) < 4.78 is 10.5. The first-order chi connectivity index (χ1) is 8.74. The molecule has 106 valence electrons. The molecule has 0 aliphatic carbocycles. The summed E-state index contributed by atoms with van der Waals surface area (Å²) in [6.45, 7) is 5.20. The topological polar surface area (TPSA) is 55.8 Å². The van der Waals surface area contributed by atoms with E-state index in [-0.39, 0.29) is 0 Å². The van der Waals surface area contributed by atoms with Crippen LogP contribution in [0.25, 0.3) is 0 Å². The lowest BCUT2D eigenvalue weighted by atomic mass is 9.85. The zero-order valence-electron chi connectivity index (χ0n) is 11.8. The van der Waals surface area contributed by atoms with Crippen LogP contribution < -0.4 is 9.47 Å². The van der Waals surface area contributed by atoms with E-state index in [9.17, 15) is 9.90 Å². The molecule has 0 aliphatic heterocycles. The average molecular weight is 287 g/mol. The Morgan fingerprint density at radius 3 is 2.26 bits per heavy atom. The number of carboxylic acids is 1. The van der Waals surface area contributed by atoms with Crippen molar-refractivity contribution in [2.75, 3.05) is 14.2 Å². The van der Waals surface area contributed by atoms with Gasteiger partial charge in [0.2, 0.25) is 0 Å². The smallest absolute Gasteiger partial charge is 0.309 e. The molecule has 0 fully saturated rings. The number of carbonyl (C=O) groups is 1. The third kappa shape index (κ3) is 3.13. The molecule has 5 heteroatoms. The molecule has 0 unspecified atom stereocenters. The van der Waals surface area contributed by atoms with Crippen molar-refractivity contribution < 1.29 is 19.4 Å². The number of carboxylic acid groups (broad SMARTS) is 1. The fourth-order valence-electron chi connectivity index (χ4n) is 1.96. The standard InChI is InChI=1S/C14H19ClO4/c1-8-6-9(7-14(2,3)13(16)17)12(19-5)10(15)11(8)18-4/h6H,7H2,1-5H3,(H,16,17). The first-order valence-corrected chi connectivity index (χ1v) is 6.25. The Balaban J connectivity index is 3.33. The van der Waals surface area contributed by atoms with E-state index in [4.69, 9.17) is 21.1 Å². The summed E-state index contributed by atoms with van der Waals surface area (Å²) in [7, 11) is 3.04. The van der Waals surface area contributed by atoms with Crippen molar-refractivity contribution in [2.45, 2.75) is 27.2 Å². The fourth-order valence-corrected chi connectivity index (χ4v) is 2.39. The van der Waals surface area contributed by atoms with E-state index in [1.54, 1.807) is 13.8 Å². The molecule has 0 aliphatic rings. The quantitative estimate of drug-likeness (QED) is 0.902. The van der Waals surface area contributed by atoms with Crippen molar-refractivity contribution in [3.8, 4) is 11.5 Å². The van der Waals surface area contributed by atoms with Gasteiger partial charge in [-0.05, 0) is 44.4 Å². The van der Waals surface area contributed by atoms with Gasteiger partial charge in [-0.3, -0.25) is 4.79 Å². The molecule has 0 radical (unpaired) electrons. The molecular weight excluding hydrogens is 268 g/mol. The summed E-state index contributed by atoms with van der Waals surface area (Å²) in [6.07, 6.45) is 0.329. The highest BCUT2D eigenvalue weighted by Gasteiger charge is 2.30. The van der Waals surface area contributed by atoms with Crippen LogP contribution in [0.15, 0.2) is 6.07 Å². The number of rotatable bonds is 5. The average Bonchev–Trinajstić information content (AvgIpc) is 2.28. The monoisotopic (exact) mass is 286 g/mol. The van der Waals surface area contributed by atoms with Crippen LogP contribution in [-0.4, -0.2) is 25.3 Å². The maximum absolute atomic E-state index is 11.2. The highest BCUT2D eigenvalue weighted by Crippen LogP contribution is 2.41. The molecule has 1 aromatic rings. The first kappa shape index (κ1) is 15.6. The molecule has 0 saturated carbocycles. The normalized spacial score (nSPS) is 11.3. The molecule has 19 heavy (non-hydrogen) atoms. The molecule has 1 N–H and O–H groups in total. The Morgan fingerprint density at radius 2 is 1.84 bits per heavy atom. The van der Waals surface area contributed by atoms with Gasteiger partial charge in [0.05, 0.1) is 19.6 Å². The lowest BCUT2D eigenvalue weighted by Crippen LogP contribution is -2.26. The van der Waals surface area contributed by atoms with Crippen molar-refractivity contribution in [1.82, 2.24) is 0 Å². The van der Waals surface area contributed by atoms with Gasteiger partial charge < -0.3 is 14.6 Å². The van der Waals surface area contributed by atoms with Crippen LogP contribution in [0.5, 0.6) is 11.5 Å². The van der Waals surface area contributed by atoms with Crippen molar-refractivity contribution >= 4 is 17.6 Å². The molecule has 1 rings (SSSR count). The van der Waals surface area contributed by atoms with Crippen LogP contribution in [-0.2, 0) is 11.2 Å². The van der Waals surface area contributed by atoms with Crippen LogP contribution >= 0.6 is 11.6 Å². The molecule has 0 atom stereocenters. The van der Waals surface area contributed by atoms with Crippen molar-refractivity contribution in [3.63, 3.8) is 0 Å². The Kier molecular flexibility index (Phi) is 4.69. The number of benzene rings is 1. The van der Waals surface area contributed by atoms with E-state index < -0.39 is 11.4 Å². The molecule has 0 saturated heterocycles. The zero-order valence-corrected chi connectivity index (χ0v) is 12.6. The largest absolute Gasteiger partial charge is 0.495 e. The van der Waals surface area contributed by atoms with E-state index in [2.05, 4.69) is 0 Å². The Hall–Kier alpha value is -1.42. The van der Waals surface area contributed by atoms with Gasteiger partial charge in [0.15, 0.2) is 0 Å². The van der Waals surface area contributed by atoms with Gasteiger partial charge in [0.1, 0.15) is 16.5 Å². The van der Waals surface area contributed by atoms with E-state index in [1.165, 1.54) is 14.2 Å². The summed E-state index contributed by atoms with van der Waals surface area (Å²) in [4.78, 5) is 11.2. The number of halogens is 1. The fraction of sp³-hybridized carbons (Fsp3) is 0.500. The molecule has 0 bridgehead atoms. The van der Waals surface area contributed by atoms with Gasteiger partial charge in [0.25, 0.3) is 0 Å². The van der Waals surface area contributed by atoms with Crippen molar-refractivity contribution in [3.05, 3.63) is 22.2 Å². The van der Waals surface area contributed by atoms with E-state index in [0.717, 1.165) is 11.1 Å². The number of hydrogen-bond donors (Lipinski definition) is 1. The van der Waals surface area contributed by atoms with Gasteiger partial charge in [-0.25, -0.2) is 0 Å². The van der Waals surface area contributed by atoms with Crippen molar-refractivity contribution in [2.24, 2.45) is 5.41 Å². The van der Waals surface area contributed by atoms with Gasteiger partial charge in [-0.15, -0.1) is 0 Å². The second kappa shape index (κ2) is 5.70. The summed E-state index contributed by atoms with van der Waals surface area (Å²) in [5, 5.41) is 9.58. The Morgan fingerprint density at radius 1 is 1.32 bits per heavy atom. The van der Waals surface area contributed by atoms with Gasteiger partial charge >= 0.3 is 5.97 Å². The summed E-state index contributed by atoms with van der Waals surface area (Å²) in [6, 6.07) is 1.86. The van der Waals surface area contributed by atoms with Gasteiger partial charge in [0, 0.05) is 0 Å². The molecular formula is C14H19ClO4. The second-order valence-electron chi connectivity index (χ2n) is 5.10. The van der Waals surface area contributed by atoms with Crippen LogP contribution in [0.4, 0.5) is 0 Å². The number of aryl methyl sites for hydroxylation is 1. The minimum Gasteiger partial charge on any atom is -0.495 e.